The molecular weight excluding hydrogens is 246 g/mol. The van der Waals surface area contributed by atoms with Crippen LogP contribution in [-0.2, 0) is 4.79 Å². The first-order valence-corrected chi connectivity index (χ1v) is 6.14. The van der Waals surface area contributed by atoms with Gasteiger partial charge < -0.3 is 21.1 Å². The van der Waals surface area contributed by atoms with E-state index in [0.29, 0.717) is 30.0 Å². The molecule has 1 atom stereocenters. The van der Waals surface area contributed by atoms with Gasteiger partial charge in [-0.2, -0.15) is 0 Å². The summed E-state index contributed by atoms with van der Waals surface area (Å²) in [6.07, 6.45) is 1.50. The highest BCUT2D eigenvalue weighted by atomic mass is 16.5. The number of carbonyl (C=O) groups excluding carboxylic acids is 2. The Balaban J connectivity index is 2.09. The highest BCUT2D eigenvalue weighted by molar-refractivity contribution is 6.01. The van der Waals surface area contributed by atoms with Crippen LogP contribution in [0.25, 0.3) is 0 Å². The number of hydrogen-bond acceptors (Lipinski definition) is 4. The molecule has 102 valence electrons. The zero-order valence-electron chi connectivity index (χ0n) is 10.7. The molecule has 1 aromatic carbocycles. The Morgan fingerprint density at radius 2 is 2.32 bits per heavy atom. The van der Waals surface area contributed by atoms with Crippen LogP contribution in [0.4, 0.5) is 5.69 Å². The van der Waals surface area contributed by atoms with Crippen molar-refractivity contribution in [1.29, 1.82) is 0 Å². The molecular formula is C13H17N3O3. The summed E-state index contributed by atoms with van der Waals surface area (Å²) in [5, 5.41) is 5.41. The molecule has 0 radical (unpaired) electrons. The van der Waals surface area contributed by atoms with Crippen molar-refractivity contribution in [3.05, 3.63) is 23.8 Å². The maximum Gasteiger partial charge on any atom is 0.254 e. The Labute approximate surface area is 111 Å². The molecule has 1 saturated heterocycles. The largest absolute Gasteiger partial charge is 0.497 e. The standard InChI is InChI=1S/C13H17N3O3/c1-19-8-4-5-9(10(14)7-8)12(17)16-11-3-2-6-15-13(11)18/h4-5,7,11H,2-3,6,14H2,1H3,(H,15,18)(H,16,17). The molecule has 4 N–H and O–H groups in total. The molecule has 1 aliphatic heterocycles. The molecule has 1 heterocycles. The molecule has 0 spiro atoms. The SMILES string of the molecule is COc1ccc(C(=O)NC2CCCNC2=O)c(N)c1. The summed E-state index contributed by atoms with van der Waals surface area (Å²) < 4.78 is 5.02. The molecule has 6 heteroatoms. The maximum atomic E-state index is 12.1. The first kappa shape index (κ1) is 13.2. The van der Waals surface area contributed by atoms with E-state index in [2.05, 4.69) is 10.6 Å². The second-order valence-electron chi connectivity index (χ2n) is 4.41. The lowest BCUT2D eigenvalue weighted by Gasteiger charge is -2.23. The number of amides is 2. The van der Waals surface area contributed by atoms with Gasteiger partial charge in [-0.25, -0.2) is 0 Å². The van der Waals surface area contributed by atoms with Gasteiger partial charge in [0.25, 0.3) is 5.91 Å². The van der Waals surface area contributed by atoms with Gasteiger partial charge >= 0.3 is 0 Å². The third kappa shape index (κ3) is 2.96. The van der Waals surface area contributed by atoms with Crippen molar-refractivity contribution in [1.82, 2.24) is 10.6 Å². The smallest absolute Gasteiger partial charge is 0.254 e. The van der Waals surface area contributed by atoms with Crippen molar-refractivity contribution in [2.24, 2.45) is 0 Å². The Morgan fingerprint density at radius 3 is 2.95 bits per heavy atom. The summed E-state index contributed by atoms with van der Waals surface area (Å²) in [4.78, 5) is 23.6. The average molecular weight is 263 g/mol. The van der Waals surface area contributed by atoms with Crippen LogP contribution in [0.15, 0.2) is 18.2 Å². The number of methoxy groups -OCH3 is 1. The molecule has 19 heavy (non-hydrogen) atoms. The van der Waals surface area contributed by atoms with Crippen molar-refractivity contribution in [2.45, 2.75) is 18.9 Å². The summed E-state index contributed by atoms with van der Waals surface area (Å²) in [5.41, 5.74) is 6.47. The minimum absolute atomic E-state index is 0.147. The third-order valence-corrected chi connectivity index (χ3v) is 3.09. The number of anilines is 1. The van der Waals surface area contributed by atoms with E-state index in [1.165, 1.54) is 7.11 Å². The summed E-state index contributed by atoms with van der Waals surface area (Å²) in [6, 6.07) is 4.34. The summed E-state index contributed by atoms with van der Waals surface area (Å²) >= 11 is 0. The molecule has 0 aromatic heterocycles. The Hall–Kier alpha value is -2.24. The first-order valence-electron chi connectivity index (χ1n) is 6.14. The second-order valence-corrected chi connectivity index (χ2v) is 4.41. The van der Waals surface area contributed by atoms with E-state index >= 15 is 0 Å². The summed E-state index contributed by atoms with van der Waals surface area (Å²) in [7, 11) is 1.53. The van der Waals surface area contributed by atoms with Gasteiger partial charge in [0.15, 0.2) is 0 Å². The Morgan fingerprint density at radius 1 is 1.53 bits per heavy atom. The zero-order valence-corrected chi connectivity index (χ0v) is 10.7. The van der Waals surface area contributed by atoms with Crippen molar-refractivity contribution < 1.29 is 14.3 Å². The van der Waals surface area contributed by atoms with Gasteiger partial charge in [0.05, 0.1) is 12.7 Å². The number of benzene rings is 1. The zero-order chi connectivity index (χ0) is 13.8. The van der Waals surface area contributed by atoms with E-state index in [1.807, 2.05) is 0 Å². The predicted molar refractivity (Wildman–Crippen MR) is 70.9 cm³/mol. The number of hydrogen-bond donors (Lipinski definition) is 3. The number of nitrogens with one attached hydrogen (secondary N) is 2. The molecule has 1 aromatic rings. The molecule has 1 unspecified atom stereocenters. The molecule has 1 aliphatic rings. The first-order chi connectivity index (χ1) is 9.11. The monoisotopic (exact) mass is 263 g/mol. The van der Waals surface area contributed by atoms with Crippen LogP contribution in [0, 0.1) is 0 Å². The van der Waals surface area contributed by atoms with E-state index in [-0.39, 0.29) is 11.8 Å². The highest BCUT2D eigenvalue weighted by Gasteiger charge is 2.24. The van der Waals surface area contributed by atoms with Gasteiger partial charge in [-0.05, 0) is 25.0 Å². The number of rotatable bonds is 3. The van der Waals surface area contributed by atoms with Gasteiger partial charge in [-0.15, -0.1) is 0 Å². The van der Waals surface area contributed by atoms with Crippen molar-refractivity contribution >= 4 is 17.5 Å². The van der Waals surface area contributed by atoms with Gasteiger partial charge in [0.2, 0.25) is 5.91 Å². The highest BCUT2D eigenvalue weighted by Crippen LogP contribution is 2.19. The lowest BCUT2D eigenvalue weighted by Crippen LogP contribution is -2.50. The summed E-state index contributed by atoms with van der Waals surface area (Å²) in [6.45, 7) is 0.663. The van der Waals surface area contributed by atoms with Gasteiger partial charge in [0.1, 0.15) is 11.8 Å². The fourth-order valence-corrected chi connectivity index (χ4v) is 2.02. The topological polar surface area (TPSA) is 93.5 Å². The van der Waals surface area contributed by atoms with Crippen LogP contribution in [-0.4, -0.2) is 31.5 Å². The number of nitrogens with two attached hydrogens (primary N) is 1. The van der Waals surface area contributed by atoms with E-state index in [9.17, 15) is 9.59 Å². The second kappa shape index (κ2) is 5.60. The van der Waals surface area contributed by atoms with Gasteiger partial charge in [-0.3, -0.25) is 9.59 Å². The molecule has 6 nitrogen and oxygen atoms in total. The number of piperidine rings is 1. The van der Waals surface area contributed by atoms with Crippen LogP contribution < -0.4 is 21.1 Å². The van der Waals surface area contributed by atoms with Crippen molar-refractivity contribution in [3.63, 3.8) is 0 Å². The van der Waals surface area contributed by atoms with Crippen LogP contribution in [0.3, 0.4) is 0 Å². The van der Waals surface area contributed by atoms with Crippen LogP contribution in [0.5, 0.6) is 5.75 Å². The number of carbonyl (C=O) groups is 2. The molecule has 2 rings (SSSR count). The normalized spacial score (nSPS) is 18.6. The average Bonchev–Trinajstić information content (AvgIpc) is 2.41. The van der Waals surface area contributed by atoms with Gasteiger partial charge in [0, 0.05) is 18.3 Å². The van der Waals surface area contributed by atoms with Crippen LogP contribution in [0.2, 0.25) is 0 Å². The lowest BCUT2D eigenvalue weighted by atomic mass is 10.1. The lowest BCUT2D eigenvalue weighted by molar-refractivity contribution is -0.124. The fourth-order valence-electron chi connectivity index (χ4n) is 2.02. The quantitative estimate of drug-likeness (QED) is 0.683. The predicted octanol–water partition coefficient (Wildman–Crippen LogP) is 0.286. The van der Waals surface area contributed by atoms with Crippen molar-refractivity contribution in [3.8, 4) is 5.75 Å². The molecule has 2 amide bonds. The van der Waals surface area contributed by atoms with Crippen LogP contribution >= 0.6 is 0 Å². The molecule has 1 fully saturated rings. The third-order valence-electron chi connectivity index (χ3n) is 3.09. The van der Waals surface area contributed by atoms with E-state index in [1.54, 1.807) is 18.2 Å². The molecule has 0 bridgehead atoms. The molecule has 0 aliphatic carbocycles. The van der Waals surface area contributed by atoms with Gasteiger partial charge in [-0.1, -0.05) is 0 Å². The number of nitrogen functional groups attached to an aromatic ring is 1. The maximum absolute atomic E-state index is 12.1. The minimum atomic E-state index is -0.484. The summed E-state index contributed by atoms with van der Waals surface area (Å²) in [5.74, 6) is 0.0957. The van der Waals surface area contributed by atoms with Crippen LogP contribution in [0.1, 0.15) is 23.2 Å². The number of ether oxygens (including phenoxy) is 1. The fraction of sp³-hybridized carbons (Fsp3) is 0.385. The Bertz CT molecular complexity index is 502. The van der Waals surface area contributed by atoms with E-state index in [4.69, 9.17) is 10.5 Å². The van der Waals surface area contributed by atoms with E-state index < -0.39 is 6.04 Å². The van der Waals surface area contributed by atoms with E-state index in [0.717, 1.165) is 6.42 Å². The van der Waals surface area contributed by atoms with Crippen molar-refractivity contribution in [2.75, 3.05) is 19.4 Å². The molecule has 0 saturated carbocycles. The Kier molecular flexibility index (Phi) is 3.89. The minimum Gasteiger partial charge on any atom is -0.497 e.